The number of piperazine rings is 1. The van der Waals surface area contributed by atoms with E-state index in [1.165, 1.54) is 10.6 Å². The topological polar surface area (TPSA) is 84.2 Å². The summed E-state index contributed by atoms with van der Waals surface area (Å²) in [5.74, 6) is -0.168. The van der Waals surface area contributed by atoms with Gasteiger partial charge in [0.25, 0.3) is 0 Å². The third-order valence-corrected chi connectivity index (χ3v) is 8.18. The van der Waals surface area contributed by atoms with Crippen molar-refractivity contribution < 1.29 is 9.18 Å². The zero-order chi connectivity index (χ0) is 30.5. The molecule has 1 aromatic carbocycles. The van der Waals surface area contributed by atoms with Gasteiger partial charge in [-0.25, -0.2) is 18.7 Å². The normalized spacial score (nSPS) is 16.9. The van der Waals surface area contributed by atoms with Gasteiger partial charge in [-0.1, -0.05) is 51.6 Å². The summed E-state index contributed by atoms with van der Waals surface area (Å²) in [5, 5.41) is 0.769. The fourth-order valence-electron chi connectivity index (χ4n) is 5.68. The van der Waals surface area contributed by atoms with Gasteiger partial charge in [-0.05, 0) is 69.0 Å². The van der Waals surface area contributed by atoms with E-state index in [1.807, 2.05) is 45.6 Å². The first-order chi connectivity index (χ1) is 19.9. The van der Waals surface area contributed by atoms with Crippen molar-refractivity contribution in [2.45, 2.75) is 67.0 Å². The number of pyridine rings is 2. The fraction of sp³-hybridized carbons (Fsp3) is 0.364. The number of amides is 1. The van der Waals surface area contributed by atoms with Gasteiger partial charge in [0.1, 0.15) is 11.6 Å². The molecule has 0 spiro atoms. The molecule has 226 valence electrons. The van der Waals surface area contributed by atoms with Gasteiger partial charge in [0.05, 0.1) is 27.5 Å². The minimum Gasteiger partial charge on any atom is -0.349 e. The quantitative estimate of drug-likeness (QED) is 0.238. The maximum atomic E-state index is 15.4. The average Bonchev–Trinajstić information content (AvgIpc) is 2.95. The van der Waals surface area contributed by atoms with Crippen molar-refractivity contribution in [3.8, 4) is 16.9 Å². The lowest BCUT2D eigenvalue weighted by Crippen LogP contribution is -2.58. The molecule has 0 saturated carbocycles. The van der Waals surface area contributed by atoms with Crippen LogP contribution in [0.4, 0.5) is 10.2 Å². The number of carbonyl (C=O) groups is 1. The van der Waals surface area contributed by atoms with E-state index in [0.29, 0.717) is 46.9 Å². The highest BCUT2D eigenvalue weighted by Gasteiger charge is 2.34. The molecule has 1 saturated heterocycles. The Morgan fingerprint density at radius 2 is 1.84 bits per heavy atom. The second-order valence-corrected chi connectivity index (χ2v) is 11.6. The van der Waals surface area contributed by atoms with E-state index in [0.717, 1.165) is 5.56 Å². The highest BCUT2D eigenvalue weighted by atomic mass is 35.5. The summed E-state index contributed by atoms with van der Waals surface area (Å²) in [6.07, 6.45) is 3.03. The Balaban J connectivity index is 0.00000423. The van der Waals surface area contributed by atoms with E-state index >= 15 is 4.39 Å². The zero-order valence-electron chi connectivity index (χ0n) is 24.7. The lowest BCUT2D eigenvalue weighted by atomic mass is 10.0. The molecule has 0 N–H and O–H groups in total. The largest absolute Gasteiger partial charge is 0.355 e. The Labute approximate surface area is 256 Å². The summed E-state index contributed by atoms with van der Waals surface area (Å²) < 4.78 is 16.8. The van der Waals surface area contributed by atoms with Crippen molar-refractivity contribution in [1.29, 1.82) is 0 Å². The lowest BCUT2D eigenvalue weighted by Gasteiger charge is -2.44. The van der Waals surface area contributed by atoms with Gasteiger partial charge in [-0.3, -0.25) is 9.78 Å². The smallest absolute Gasteiger partial charge is 0.349 e. The molecule has 10 heteroatoms. The van der Waals surface area contributed by atoms with Crippen LogP contribution >= 0.6 is 11.6 Å². The zero-order valence-corrected chi connectivity index (χ0v) is 25.4. The number of hydrogen-bond donors (Lipinski definition) is 0. The van der Waals surface area contributed by atoms with E-state index in [2.05, 4.69) is 16.5 Å². The van der Waals surface area contributed by atoms with Gasteiger partial charge in [-0.15, -0.1) is 0 Å². The molecule has 3 aromatic heterocycles. The van der Waals surface area contributed by atoms with Crippen LogP contribution in [0.15, 0.2) is 54.0 Å². The number of hydrogen-bond acceptors (Lipinski definition) is 6. The second kappa shape index (κ2) is 12.2. The van der Waals surface area contributed by atoms with Crippen LogP contribution in [-0.2, 0) is 4.79 Å². The third kappa shape index (κ3) is 5.54. The maximum absolute atomic E-state index is 15.4. The Bertz CT molecular complexity index is 1790. The highest BCUT2D eigenvalue weighted by molar-refractivity contribution is 6.33. The molecule has 0 unspecified atom stereocenters. The minimum absolute atomic E-state index is 0. The molecule has 0 radical (unpaired) electrons. The van der Waals surface area contributed by atoms with Crippen molar-refractivity contribution in [1.82, 2.24) is 24.4 Å². The molecule has 4 heterocycles. The van der Waals surface area contributed by atoms with Gasteiger partial charge < -0.3 is 9.80 Å². The Hall–Kier alpha value is -4.11. The molecule has 1 aliphatic heterocycles. The molecule has 1 amide bonds. The Morgan fingerprint density at radius 3 is 2.51 bits per heavy atom. The van der Waals surface area contributed by atoms with Gasteiger partial charge in [0.2, 0.25) is 5.91 Å². The maximum Gasteiger partial charge on any atom is 0.355 e. The summed E-state index contributed by atoms with van der Waals surface area (Å²) >= 11 is 6.83. The second-order valence-electron chi connectivity index (χ2n) is 11.2. The van der Waals surface area contributed by atoms with Crippen LogP contribution < -0.4 is 10.6 Å². The van der Waals surface area contributed by atoms with Crippen LogP contribution in [-0.4, -0.2) is 55.5 Å². The van der Waals surface area contributed by atoms with Gasteiger partial charge in [0, 0.05) is 36.9 Å². The van der Waals surface area contributed by atoms with Gasteiger partial charge >= 0.3 is 5.69 Å². The predicted octanol–water partition coefficient (Wildman–Crippen LogP) is 6.62. The molecule has 2 atom stereocenters. The molecule has 1 fully saturated rings. The number of aryl methyl sites for hydroxylation is 2. The number of fused-ring (bicyclic) bond motifs is 1. The van der Waals surface area contributed by atoms with Crippen molar-refractivity contribution in [3.05, 3.63) is 87.3 Å². The summed E-state index contributed by atoms with van der Waals surface area (Å²) in [4.78, 5) is 44.4. The van der Waals surface area contributed by atoms with Crippen molar-refractivity contribution >= 4 is 34.4 Å². The first-order valence-electron chi connectivity index (χ1n) is 14.0. The SMILES string of the molecule is C.C=CC(=O)N1C[C@H](C)N(c2nc(=O)n(-c3c(C)ccnc3C(C)C)c3nc(-c4cccc(C)c4F)c(Cl)cc23)C[C@H]1C. The van der Waals surface area contributed by atoms with Gasteiger partial charge in [0.15, 0.2) is 5.65 Å². The summed E-state index contributed by atoms with van der Waals surface area (Å²) in [5.41, 5.74) is 2.82. The van der Waals surface area contributed by atoms with E-state index in [9.17, 15) is 9.59 Å². The summed E-state index contributed by atoms with van der Waals surface area (Å²) in [7, 11) is 0. The van der Waals surface area contributed by atoms with Crippen molar-refractivity contribution in [2.24, 2.45) is 0 Å². The number of rotatable bonds is 5. The van der Waals surface area contributed by atoms with Crippen molar-refractivity contribution in [3.63, 3.8) is 0 Å². The summed E-state index contributed by atoms with van der Waals surface area (Å²) in [6.45, 7) is 16.0. The first kappa shape index (κ1) is 31.8. The monoisotopic (exact) mass is 604 g/mol. The molecule has 5 rings (SSSR count). The standard InChI is InChI=1S/C32H34ClFN6O2.CH4/c1-8-25(41)38-15-21(7)39(16-20(38)6)30-23-14-24(33)28(22-11-9-10-18(4)26(22)34)36-31(23)40(32(42)37-30)29-19(5)12-13-35-27(29)17(2)3;/h8-14,17,20-21H,1,15-16H2,2-7H3;1H4/t20-,21+;/m1./s1. The molecule has 1 aliphatic rings. The number of benzene rings is 1. The highest BCUT2D eigenvalue weighted by Crippen LogP contribution is 2.37. The molecule has 43 heavy (non-hydrogen) atoms. The van der Waals surface area contributed by atoms with E-state index in [-0.39, 0.29) is 47.6 Å². The van der Waals surface area contributed by atoms with Gasteiger partial charge in [-0.2, -0.15) is 4.98 Å². The van der Waals surface area contributed by atoms with Crippen LogP contribution in [0.1, 0.15) is 57.9 Å². The van der Waals surface area contributed by atoms with E-state index < -0.39 is 11.5 Å². The van der Waals surface area contributed by atoms with E-state index in [1.54, 1.807) is 42.3 Å². The fourth-order valence-corrected chi connectivity index (χ4v) is 5.93. The Morgan fingerprint density at radius 1 is 1.12 bits per heavy atom. The van der Waals surface area contributed by atoms with E-state index in [4.69, 9.17) is 16.6 Å². The van der Waals surface area contributed by atoms with Crippen LogP contribution in [0.25, 0.3) is 28.0 Å². The number of aromatic nitrogens is 4. The number of carbonyl (C=O) groups excluding carboxylic acids is 1. The lowest BCUT2D eigenvalue weighted by molar-refractivity contribution is -0.128. The van der Waals surface area contributed by atoms with Crippen LogP contribution in [0, 0.1) is 19.7 Å². The molecule has 4 aromatic rings. The molecule has 0 bridgehead atoms. The molecular formula is C33H38ClFN6O2. The number of anilines is 1. The summed E-state index contributed by atoms with van der Waals surface area (Å²) in [6, 6.07) is 8.26. The molecule has 0 aliphatic carbocycles. The third-order valence-electron chi connectivity index (χ3n) is 7.89. The minimum atomic E-state index is -0.537. The first-order valence-corrected chi connectivity index (χ1v) is 14.4. The van der Waals surface area contributed by atoms with Crippen LogP contribution in [0.3, 0.4) is 0 Å². The average molecular weight is 605 g/mol. The number of halogens is 2. The van der Waals surface area contributed by atoms with Crippen LogP contribution in [0.2, 0.25) is 5.02 Å². The van der Waals surface area contributed by atoms with Crippen molar-refractivity contribution in [2.75, 3.05) is 18.0 Å². The Kier molecular flexibility index (Phi) is 9.06. The molecule has 8 nitrogen and oxygen atoms in total. The predicted molar refractivity (Wildman–Crippen MR) is 172 cm³/mol. The molecular weight excluding hydrogens is 567 g/mol. The van der Waals surface area contributed by atoms with Crippen LogP contribution in [0.5, 0.6) is 0 Å². The number of nitrogens with zero attached hydrogens (tertiary/aromatic N) is 6.